The van der Waals surface area contributed by atoms with Crippen LogP contribution in [0.3, 0.4) is 0 Å². The highest BCUT2D eigenvalue weighted by Crippen LogP contribution is 2.25. The Balaban J connectivity index is 1.77. The van der Waals surface area contributed by atoms with Gasteiger partial charge < -0.3 is 15.0 Å². The lowest BCUT2D eigenvalue weighted by molar-refractivity contribution is 0.0939. The van der Waals surface area contributed by atoms with Crippen molar-refractivity contribution in [3.8, 4) is 5.75 Å². The fourth-order valence-electron chi connectivity index (χ4n) is 3.36. The van der Waals surface area contributed by atoms with Crippen molar-refractivity contribution in [3.05, 3.63) is 59.7 Å². The maximum absolute atomic E-state index is 13.0. The van der Waals surface area contributed by atoms with Crippen molar-refractivity contribution in [2.24, 2.45) is 0 Å². The second-order valence-corrected chi connectivity index (χ2v) is 9.11. The van der Waals surface area contributed by atoms with E-state index in [1.807, 2.05) is 38.2 Å². The normalized spacial score (nSPS) is 16.9. The molecule has 0 spiro atoms. The first-order valence-corrected chi connectivity index (χ1v) is 11.0. The Bertz CT molecular complexity index is 969. The summed E-state index contributed by atoms with van der Waals surface area (Å²) in [4.78, 5) is 15.0. The molecule has 0 aromatic heterocycles. The molecule has 156 valence electrons. The number of carbonyl (C=O) groups excluding carboxylic acids is 1. The van der Waals surface area contributed by atoms with Gasteiger partial charge in [0.05, 0.1) is 18.0 Å². The molecule has 29 heavy (non-hydrogen) atoms. The van der Waals surface area contributed by atoms with Gasteiger partial charge in [-0.25, -0.2) is 8.42 Å². The van der Waals surface area contributed by atoms with Crippen LogP contribution in [0, 0.1) is 0 Å². The van der Waals surface area contributed by atoms with Crippen molar-refractivity contribution in [2.75, 3.05) is 40.3 Å². The van der Waals surface area contributed by atoms with Gasteiger partial charge in [0.25, 0.3) is 5.91 Å². The van der Waals surface area contributed by atoms with Crippen LogP contribution in [0.4, 0.5) is 0 Å². The predicted octanol–water partition coefficient (Wildman–Crippen LogP) is 2.12. The molecule has 0 aliphatic carbocycles. The SMILES string of the molecule is COc1ccccc1[C@@H](C)NC(=O)c1cccc(S(=O)(=O)N2CCN(C)CC2)c1. The Morgan fingerprint density at radius 2 is 1.76 bits per heavy atom. The molecule has 8 heteroatoms. The molecule has 0 unspecified atom stereocenters. The summed E-state index contributed by atoms with van der Waals surface area (Å²) in [7, 11) is -0.0727. The zero-order valence-electron chi connectivity index (χ0n) is 17.0. The minimum Gasteiger partial charge on any atom is -0.496 e. The van der Waals surface area contributed by atoms with E-state index in [0.29, 0.717) is 37.5 Å². The summed E-state index contributed by atoms with van der Waals surface area (Å²) in [5.74, 6) is 0.352. The van der Waals surface area contributed by atoms with Crippen molar-refractivity contribution in [2.45, 2.75) is 17.9 Å². The number of amides is 1. The van der Waals surface area contributed by atoms with Crippen LogP contribution in [0.2, 0.25) is 0 Å². The largest absolute Gasteiger partial charge is 0.496 e. The molecule has 1 fully saturated rings. The van der Waals surface area contributed by atoms with Gasteiger partial charge in [-0.1, -0.05) is 24.3 Å². The van der Waals surface area contributed by atoms with E-state index in [1.165, 1.54) is 16.4 Å². The van der Waals surface area contributed by atoms with E-state index in [1.54, 1.807) is 19.2 Å². The van der Waals surface area contributed by atoms with Crippen molar-refractivity contribution in [1.82, 2.24) is 14.5 Å². The molecule has 1 heterocycles. The molecule has 1 aliphatic rings. The zero-order valence-corrected chi connectivity index (χ0v) is 17.8. The number of hydrogen-bond donors (Lipinski definition) is 1. The summed E-state index contributed by atoms with van der Waals surface area (Å²) in [5, 5.41) is 2.92. The lowest BCUT2D eigenvalue weighted by Gasteiger charge is -2.31. The number of sulfonamides is 1. The standard InChI is InChI=1S/C21H27N3O4S/c1-16(19-9-4-5-10-20(19)28-3)22-21(25)17-7-6-8-18(15-17)29(26,27)24-13-11-23(2)12-14-24/h4-10,15-16H,11-14H2,1-3H3,(H,22,25)/t16-/m1/s1. The third kappa shape index (κ3) is 4.77. The molecule has 0 bridgehead atoms. The number of carbonyl (C=O) groups is 1. The molecule has 1 aliphatic heterocycles. The van der Waals surface area contributed by atoms with Gasteiger partial charge in [0, 0.05) is 37.3 Å². The third-order valence-electron chi connectivity index (χ3n) is 5.15. The molecule has 1 amide bonds. The van der Waals surface area contributed by atoms with Gasteiger partial charge in [0.15, 0.2) is 0 Å². The number of nitrogens with one attached hydrogen (secondary N) is 1. The number of hydrogen-bond acceptors (Lipinski definition) is 5. The number of ether oxygens (including phenoxy) is 1. The summed E-state index contributed by atoms with van der Waals surface area (Å²) in [6, 6.07) is 13.4. The van der Waals surface area contributed by atoms with Crippen LogP contribution in [-0.2, 0) is 10.0 Å². The van der Waals surface area contributed by atoms with Crippen LogP contribution in [0.25, 0.3) is 0 Å². The quantitative estimate of drug-likeness (QED) is 0.779. The minimum absolute atomic E-state index is 0.139. The van der Waals surface area contributed by atoms with E-state index in [0.717, 1.165) is 5.56 Å². The van der Waals surface area contributed by atoms with E-state index in [4.69, 9.17) is 4.74 Å². The number of likely N-dealkylation sites (N-methyl/N-ethyl adjacent to an activating group) is 1. The van der Waals surface area contributed by atoms with Gasteiger partial charge >= 0.3 is 0 Å². The first-order chi connectivity index (χ1) is 13.8. The fourth-order valence-corrected chi connectivity index (χ4v) is 4.83. The van der Waals surface area contributed by atoms with Crippen LogP contribution in [-0.4, -0.2) is 63.9 Å². The summed E-state index contributed by atoms with van der Waals surface area (Å²) in [5.41, 5.74) is 1.16. The smallest absolute Gasteiger partial charge is 0.251 e. The number of piperazine rings is 1. The van der Waals surface area contributed by atoms with Crippen LogP contribution in [0.5, 0.6) is 5.75 Å². The van der Waals surface area contributed by atoms with Gasteiger partial charge in [0.1, 0.15) is 5.75 Å². The number of para-hydroxylation sites is 1. The molecule has 1 saturated heterocycles. The summed E-state index contributed by atoms with van der Waals surface area (Å²) < 4.78 is 32.7. The Hall–Kier alpha value is -2.42. The number of benzene rings is 2. The van der Waals surface area contributed by atoms with E-state index < -0.39 is 10.0 Å². The van der Waals surface area contributed by atoms with Crippen molar-refractivity contribution in [1.29, 1.82) is 0 Å². The highest BCUT2D eigenvalue weighted by atomic mass is 32.2. The molecule has 0 saturated carbocycles. The molecule has 1 atom stereocenters. The Morgan fingerprint density at radius 3 is 2.45 bits per heavy atom. The topological polar surface area (TPSA) is 78.9 Å². The molecule has 3 rings (SSSR count). The molecule has 2 aromatic rings. The van der Waals surface area contributed by atoms with Crippen LogP contribution in [0.15, 0.2) is 53.4 Å². The molecule has 7 nitrogen and oxygen atoms in total. The molecular formula is C21H27N3O4S. The van der Waals surface area contributed by atoms with E-state index in [9.17, 15) is 13.2 Å². The van der Waals surface area contributed by atoms with Crippen molar-refractivity contribution >= 4 is 15.9 Å². The second kappa shape index (κ2) is 8.94. The molecule has 1 N–H and O–H groups in total. The molecule has 0 radical (unpaired) electrons. The van der Waals surface area contributed by atoms with Gasteiger partial charge in [-0.2, -0.15) is 4.31 Å². The summed E-state index contributed by atoms with van der Waals surface area (Å²) in [6.45, 7) is 4.13. The predicted molar refractivity (Wildman–Crippen MR) is 112 cm³/mol. The Labute approximate surface area is 172 Å². The Kier molecular flexibility index (Phi) is 6.56. The zero-order chi connectivity index (χ0) is 21.0. The maximum Gasteiger partial charge on any atom is 0.251 e. The first kappa shape index (κ1) is 21.3. The van der Waals surface area contributed by atoms with Gasteiger partial charge in [0.2, 0.25) is 10.0 Å². The number of rotatable bonds is 6. The fraction of sp³-hybridized carbons (Fsp3) is 0.381. The van der Waals surface area contributed by atoms with Crippen LogP contribution < -0.4 is 10.1 Å². The highest BCUT2D eigenvalue weighted by molar-refractivity contribution is 7.89. The van der Waals surface area contributed by atoms with Gasteiger partial charge in [-0.15, -0.1) is 0 Å². The lowest BCUT2D eigenvalue weighted by Crippen LogP contribution is -2.47. The van der Waals surface area contributed by atoms with Crippen molar-refractivity contribution < 1.29 is 17.9 Å². The Morgan fingerprint density at radius 1 is 1.07 bits per heavy atom. The average molecular weight is 418 g/mol. The third-order valence-corrected chi connectivity index (χ3v) is 7.04. The van der Waals surface area contributed by atoms with E-state index in [-0.39, 0.29) is 16.8 Å². The highest BCUT2D eigenvalue weighted by Gasteiger charge is 2.28. The lowest BCUT2D eigenvalue weighted by atomic mass is 10.1. The van der Waals surface area contributed by atoms with E-state index in [2.05, 4.69) is 10.2 Å². The van der Waals surface area contributed by atoms with Gasteiger partial charge in [-0.3, -0.25) is 4.79 Å². The summed E-state index contributed by atoms with van der Waals surface area (Å²) >= 11 is 0. The monoisotopic (exact) mass is 417 g/mol. The minimum atomic E-state index is -3.63. The molecule has 2 aromatic carbocycles. The van der Waals surface area contributed by atoms with Crippen molar-refractivity contribution in [3.63, 3.8) is 0 Å². The molecular weight excluding hydrogens is 390 g/mol. The first-order valence-electron chi connectivity index (χ1n) is 9.55. The van der Waals surface area contributed by atoms with Gasteiger partial charge in [-0.05, 0) is 38.2 Å². The van der Waals surface area contributed by atoms with Crippen LogP contribution in [0.1, 0.15) is 28.9 Å². The summed E-state index contributed by atoms with van der Waals surface area (Å²) in [6.07, 6.45) is 0. The maximum atomic E-state index is 13.0. The second-order valence-electron chi connectivity index (χ2n) is 7.17. The van der Waals surface area contributed by atoms with E-state index >= 15 is 0 Å². The number of nitrogens with zero attached hydrogens (tertiary/aromatic N) is 2. The average Bonchev–Trinajstić information content (AvgIpc) is 2.74. The van der Waals surface area contributed by atoms with Crippen LogP contribution >= 0.6 is 0 Å². The number of methoxy groups -OCH3 is 1.